The maximum atomic E-state index is 13.9. The quantitative estimate of drug-likeness (QED) is 0.253. The number of hydrogen-bond donors (Lipinski definition) is 1. The normalized spacial score (nSPS) is 15.2. The van der Waals surface area contributed by atoms with E-state index < -0.39 is 6.04 Å². The van der Waals surface area contributed by atoms with Gasteiger partial charge in [-0.05, 0) is 84.1 Å². The van der Waals surface area contributed by atoms with E-state index in [-0.39, 0.29) is 17.4 Å². The van der Waals surface area contributed by atoms with Crippen molar-refractivity contribution in [2.75, 3.05) is 0 Å². The first kappa shape index (κ1) is 26.1. The number of halogens is 1. The molecule has 0 aliphatic heterocycles. The van der Waals surface area contributed by atoms with Gasteiger partial charge >= 0.3 is 0 Å². The van der Waals surface area contributed by atoms with Gasteiger partial charge in [0.1, 0.15) is 17.6 Å². The van der Waals surface area contributed by atoms with Crippen molar-refractivity contribution in [3.63, 3.8) is 0 Å². The molecule has 1 atom stereocenters. The van der Waals surface area contributed by atoms with Gasteiger partial charge in [0.2, 0.25) is 0 Å². The molecule has 40 heavy (non-hydrogen) atoms. The third kappa shape index (κ3) is 5.21. The number of hydrogen-bond acceptors (Lipinski definition) is 6. The number of aromatic nitrogens is 5. The largest absolute Gasteiger partial charge is 0.468 e. The average Bonchev–Trinajstić information content (AvgIpc) is 3.66. The average molecular weight is 541 g/mol. The zero-order valence-electron chi connectivity index (χ0n) is 22.8. The van der Waals surface area contributed by atoms with E-state index in [4.69, 9.17) is 4.42 Å². The minimum Gasteiger partial charge on any atom is -0.468 e. The summed E-state index contributed by atoms with van der Waals surface area (Å²) in [6.07, 6.45) is 7.07. The minimum absolute atomic E-state index is 0.168. The molecular weight excluding hydrogens is 507 g/mol. The first-order valence-corrected chi connectivity index (χ1v) is 13.9. The van der Waals surface area contributed by atoms with Crippen LogP contribution in [0.1, 0.15) is 78.0 Å². The molecule has 206 valence electrons. The number of benzene rings is 2. The number of fused-ring (bicyclic) bond motifs is 1. The molecule has 0 spiro atoms. The molecule has 1 saturated carbocycles. The molecule has 1 N–H and O–H groups in total. The summed E-state index contributed by atoms with van der Waals surface area (Å²) in [6.45, 7) is 4.87. The lowest BCUT2D eigenvalue weighted by Crippen LogP contribution is -2.35. The monoisotopic (exact) mass is 540 g/mol. The Balaban J connectivity index is 1.55. The van der Waals surface area contributed by atoms with Crippen molar-refractivity contribution >= 4 is 10.9 Å². The Morgan fingerprint density at radius 3 is 2.58 bits per heavy atom. The lowest BCUT2D eigenvalue weighted by atomic mass is 9.94. The van der Waals surface area contributed by atoms with E-state index in [0.717, 1.165) is 59.0 Å². The third-order valence-corrected chi connectivity index (χ3v) is 8.05. The summed E-state index contributed by atoms with van der Waals surface area (Å²) >= 11 is 0. The zero-order valence-corrected chi connectivity index (χ0v) is 22.8. The number of nitrogens with one attached hydrogen (secondary N) is 1. The highest BCUT2D eigenvalue weighted by molar-refractivity contribution is 5.85. The maximum absolute atomic E-state index is 13.9. The second-order valence-corrected chi connectivity index (χ2v) is 10.8. The van der Waals surface area contributed by atoms with Gasteiger partial charge in [-0.15, -0.1) is 5.10 Å². The molecule has 1 aliphatic rings. The van der Waals surface area contributed by atoms with Crippen LogP contribution in [0.4, 0.5) is 4.39 Å². The summed E-state index contributed by atoms with van der Waals surface area (Å²) in [4.78, 5) is 19.2. The Labute approximate surface area is 231 Å². The van der Waals surface area contributed by atoms with Crippen molar-refractivity contribution in [1.82, 2.24) is 30.1 Å². The lowest BCUT2D eigenvalue weighted by molar-refractivity contribution is 0.173. The predicted octanol–water partition coefficient (Wildman–Crippen LogP) is 6.16. The Kier molecular flexibility index (Phi) is 7.30. The van der Waals surface area contributed by atoms with Gasteiger partial charge in [0.25, 0.3) is 5.56 Å². The van der Waals surface area contributed by atoms with Gasteiger partial charge in [-0.2, -0.15) is 0 Å². The van der Waals surface area contributed by atoms with Gasteiger partial charge in [-0.3, -0.25) is 9.69 Å². The molecule has 6 rings (SSSR count). The third-order valence-electron chi connectivity index (χ3n) is 8.05. The number of furan rings is 1. The molecule has 3 aromatic heterocycles. The van der Waals surface area contributed by atoms with Gasteiger partial charge in [-0.1, -0.05) is 43.5 Å². The fraction of sp³-hybridized carbons (Fsp3) is 0.355. The van der Waals surface area contributed by atoms with Crippen LogP contribution in [-0.4, -0.2) is 30.1 Å². The summed E-state index contributed by atoms with van der Waals surface area (Å²) in [7, 11) is 0. The topological polar surface area (TPSA) is 92.8 Å². The number of aromatic amines is 1. The summed E-state index contributed by atoms with van der Waals surface area (Å²) in [5.41, 5.74) is 4.18. The fourth-order valence-electron chi connectivity index (χ4n) is 5.93. The Morgan fingerprint density at radius 1 is 1.05 bits per heavy atom. The predicted molar refractivity (Wildman–Crippen MR) is 150 cm³/mol. The Morgan fingerprint density at radius 2 is 1.82 bits per heavy atom. The highest BCUT2D eigenvalue weighted by atomic mass is 19.1. The van der Waals surface area contributed by atoms with Crippen LogP contribution in [0.25, 0.3) is 10.9 Å². The van der Waals surface area contributed by atoms with Crippen molar-refractivity contribution in [1.29, 1.82) is 0 Å². The molecule has 5 aromatic rings. The van der Waals surface area contributed by atoms with E-state index in [9.17, 15) is 9.18 Å². The van der Waals surface area contributed by atoms with E-state index in [0.29, 0.717) is 24.5 Å². The number of rotatable bonds is 8. The van der Waals surface area contributed by atoms with Gasteiger partial charge in [-0.25, -0.2) is 9.07 Å². The Bertz CT molecular complexity index is 1650. The number of aryl methyl sites for hydroxylation is 2. The maximum Gasteiger partial charge on any atom is 0.253 e. The first-order chi connectivity index (χ1) is 19.5. The summed E-state index contributed by atoms with van der Waals surface area (Å²) in [6, 6.07) is 15.9. The van der Waals surface area contributed by atoms with Gasteiger partial charge in [0.05, 0.1) is 24.4 Å². The SMILES string of the molecule is Cc1ccc(C)c2[nH]c(=O)c([C@@H](c3nnnn3C3CCCCC3)N(Cc3ccc(F)cc3)Cc3ccco3)cc12. The van der Waals surface area contributed by atoms with Crippen molar-refractivity contribution in [2.24, 2.45) is 0 Å². The second kappa shape index (κ2) is 11.2. The van der Waals surface area contributed by atoms with Crippen molar-refractivity contribution in [3.8, 4) is 0 Å². The number of H-pyrrole nitrogens is 1. The van der Waals surface area contributed by atoms with Crippen LogP contribution in [-0.2, 0) is 13.1 Å². The summed E-state index contributed by atoms with van der Waals surface area (Å²) < 4.78 is 21.5. The van der Waals surface area contributed by atoms with Crippen LogP contribution in [0.3, 0.4) is 0 Å². The van der Waals surface area contributed by atoms with E-state index in [1.165, 1.54) is 18.6 Å². The van der Waals surface area contributed by atoms with Crippen molar-refractivity contribution < 1.29 is 8.81 Å². The van der Waals surface area contributed by atoms with Gasteiger partial charge in [0.15, 0.2) is 5.82 Å². The van der Waals surface area contributed by atoms with E-state index in [1.807, 2.05) is 42.8 Å². The van der Waals surface area contributed by atoms with E-state index >= 15 is 0 Å². The van der Waals surface area contributed by atoms with Crippen LogP contribution in [0.15, 0.2) is 70.1 Å². The molecule has 2 aromatic carbocycles. The van der Waals surface area contributed by atoms with Crippen LogP contribution < -0.4 is 5.56 Å². The molecule has 1 fully saturated rings. The first-order valence-electron chi connectivity index (χ1n) is 13.9. The molecule has 0 amide bonds. The van der Waals surface area contributed by atoms with Crippen LogP contribution in [0.2, 0.25) is 0 Å². The molecule has 0 saturated heterocycles. The lowest BCUT2D eigenvalue weighted by Gasteiger charge is -2.32. The minimum atomic E-state index is -0.583. The molecular formula is C31H33FN6O2. The number of tetrazole rings is 1. The van der Waals surface area contributed by atoms with Crippen LogP contribution in [0.5, 0.6) is 0 Å². The van der Waals surface area contributed by atoms with Crippen molar-refractivity contribution in [2.45, 2.75) is 71.1 Å². The zero-order chi connectivity index (χ0) is 27.6. The standard InChI is InChI=1S/C31H33FN6O2/c1-20-10-11-21(2)28-26(20)17-27(31(39)33-28)29(30-34-35-36-38(30)24-7-4-3-5-8-24)37(19-25-9-6-16-40-25)18-22-12-14-23(32)15-13-22/h6,9-17,24,29H,3-5,7-8,18-19H2,1-2H3,(H,33,39)/t29-/m0/s1. The molecule has 9 heteroatoms. The highest BCUT2D eigenvalue weighted by Gasteiger charge is 2.33. The van der Waals surface area contributed by atoms with Crippen LogP contribution >= 0.6 is 0 Å². The van der Waals surface area contributed by atoms with E-state index in [2.05, 4.69) is 31.5 Å². The molecule has 0 unspecified atom stereocenters. The second-order valence-electron chi connectivity index (χ2n) is 10.8. The molecule has 0 bridgehead atoms. The van der Waals surface area contributed by atoms with Crippen molar-refractivity contribution in [3.05, 3.63) is 111 Å². The number of nitrogens with zero attached hydrogens (tertiary/aromatic N) is 5. The molecule has 1 aliphatic carbocycles. The molecule has 0 radical (unpaired) electrons. The fourth-order valence-corrected chi connectivity index (χ4v) is 5.93. The van der Waals surface area contributed by atoms with Gasteiger partial charge < -0.3 is 9.40 Å². The van der Waals surface area contributed by atoms with Gasteiger partial charge in [0, 0.05) is 17.5 Å². The Hall–Kier alpha value is -4.11. The summed E-state index contributed by atoms with van der Waals surface area (Å²) in [5, 5.41) is 14.1. The summed E-state index contributed by atoms with van der Waals surface area (Å²) in [5.74, 6) is 1.07. The highest BCUT2D eigenvalue weighted by Crippen LogP contribution is 2.35. The molecule has 8 nitrogen and oxygen atoms in total. The van der Waals surface area contributed by atoms with E-state index in [1.54, 1.807) is 18.4 Å². The smallest absolute Gasteiger partial charge is 0.253 e. The molecule has 3 heterocycles. The number of pyridine rings is 1. The van der Waals surface area contributed by atoms with Crippen LogP contribution in [0, 0.1) is 19.7 Å².